The second-order valence-electron chi connectivity index (χ2n) is 3.80. The summed E-state index contributed by atoms with van der Waals surface area (Å²) >= 11 is 2.07. The zero-order valence-electron chi connectivity index (χ0n) is 8.67. The van der Waals surface area contributed by atoms with Crippen molar-refractivity contribution in [3.05, 3.63) is 0 Å². The first-order chi connectivity index (χ1) is 6.36. The van der Waals surface area contributed by atoms with Crippen LogP contribution in [0.5, 0.6) is 0 Å². The average molecular weight is 202 g/mol. The Balaban J connectivity index is 2.18. The fraction of sp³-hybridized carbons (Fsp3) is 1.00. The smallest absolute Gasteiger partial charge is 0.00728 e. The third-order valence-corrected chi connectivity index (χ3v) is 3.59. The summed E-state index contributed by atoms with van der Waals surface area (Å²) in [6, 6.07) is 0. The molecule has 0 amide bonds. The minimum atomic E-state index is 0.730. The molecule has 78 valence electrons. The van der Waals surface area contributed by atoms with Crippen LogP contribution in [-0.4, -0.2) is 42.6 Å². The van der Waals surface area contributed by atoms with Crippen LogP contribution in [0.25, 0.3) is 0 Å². The molecule has 2 nitrogen and oxygen atoms in total. The summed E-state index contributed by atoms with van der Waals surface area (Å²) in [6.45, 7) is 6.87. The molecule has 0 radical (unpaired) electrons. The van der Waals surface area contributed by atoms with Crippen LogP contribution in [0.2, 0.25) is 0 Å². The van der Waals surface area contributed by atoms with Gasteiger partial charge in [0.2, 0.25) is 0 Å². The molecule has 1 aliphatic heterocycles. The topological polar surface area (TPSA) is 29.3 Å². The van der Waals surface area contributed by atoms with E-state index in [9.17, 15) is 0 Å². The highest BCUT2D eigenvalue weighted by atomic mass is 32.2. The van der Waals surface area contributed by atoms with Gasteiger partial charge in [0.05, 0.1) is 0 Å². The largest absolute Gasteiger partial charge is 0.330 e. The van der Waals surface area contributed by atoms with Crippen molar-refractivity contribution >= 4 is 11.8 Å². The van der Waals surface area contributed by atoms with Crippen LogP contribution in [0.4, 0.5) is 0 Å². The van der Waals surface area contributed by atoms with E-state index in [1.165, 1.54) is 44.0 Å². The lowest BCUT2D eigenvalue weighted by molar-refractivity contribution is 0.246. The summed E-state index contributed by atoms with van der Waals surface area (Å²) in [7, 11) is 0. The molecule has 0 spiro atoms. The minimum absolute atomic E-state index is 0.730. The van der Waals surface area contributed by atoms with Gasteiger partial charge in [-0.3, -0.25) is 0 Å². The molecule has 13 heavy (non-hydrogen) atoms. The highest BCUT2D eigenvalue weighted by Crippen LogP contribution is 2.13. The molecule has 1 fully saturated rings. The number of hydrogen-bond donors (Lipinski definition) is 1. The normalized spacial score (nSPS) is 21.7. The van der Waals surface area contributed by atoms with Crippen LogP contribution < -0.4 is 5.73 Å². The Morgan fingerprint density at radius 1 is 1.38 bits per heavy atom. The van der Waals surface area contributed by atoms with E-state index < -0.39 is 0 Å². The zero-order chi connectivity index (χ0) is 9.52. The lowest BCUT2D eigenvalue weighted by Crippen LogP contribution is -2.38. The molecule has 2 N–H and O–H groups in total. The molecule has 1 heterocycles. The first-order valence-corrected chi connectivity index (χ1v) is 6.52. The lowest BCUT2D eigenvalue weighted by Gasteiger charge is -2.29. The molecule has 1 aliphatic rings. The van der Waals surface area contributed by atoms with Crippen molar-refractivity contribution < 1.29 is 0 Å². The van der Waals surface area contributed by atoms with Crippen LogP contribution in [0.1, 0.15) is 19.8 Å². The van der Waals surface area contributed by atoms with Crippen molar-refractivity contribution in [2.24, 2.45) is 11.7 Å². The van der Waals surface area contributed by atoms with Crippen LogP contribution in [0.15, 0.2) is 0 Å². The zero-order valence-corrected chi connectivity index (χ0v) is 9.48. The maximum atomic E-state index is 5.74. The fourth-order valence-electron chi connectivity index (χ4n) is 1.84. The predicted molar refractivity (Wildman–Crippen MR) is 61.2 cm³/mol. The Morgan fingerprint density at radius 2 is 2.08 bits per heavy atom. The van der Waals surface area contributed by atoms with Crippen LogP contribution in [0, 0.1) is 5.92 Å². The maximum Gasteiger partial charge on any atom is 0.00728 e. The molecular weight excluding hydrogens is 180 g/mol. The molecule has 0 aromatic heterocycles. The van der Waals surface area contributed by atoms with Crippen molar-refractivity contribution in [1.29, 1.82) is 0 Å². The number of rotatable bonds is 5. The van der Waals surface area contributed by atoms with Gasteiger partial charge in [0.15, 0.2) is 0 Å². The Labute approximate surface area is 86.2 Å². The SMILES string of the molecule is CCCC(CN)CN1CCSCC1. The summed E-state index contributed by atoms with van der Waals surface area (Å²) in [4.78, 5) is 2.57. The maximum absolute atomic E-state index is 5.74. The van der Waals surface area contributed by atoms with E-state index in [2.05, 4.69) is 23.6 Å². The molecular formula is C10H22N2S. The van der Waals surface area contributed by atoms with Gasteiger partial charge in [-0.15, -0.1) is 0 Å². The van der Waals surface area contributed by atoms with Crippen molar-refractivity contribution in [2.45, 2.75) is 19.8 Å². The van der Waals surface area contributed by atoms with Crippen LogP contribution in [-0.2, 0) is 0 Å². The van der Waals surface area contributed by atoms with Gasteiger partial charge in [-0.25, -0.2) is 0 Å². The van der Waals surface area contributed by atoms with Gasteiger partial charge in [-0.05, 0) is 18.9 Å². The minimum Gasteiger partial charge on any atom is -0.330 e. The third kappa shape index (κ3) is 4.34. The summed E-state index contributed by atoms with van der Waals surface area (Å²) in [5, 5.41) is 0. The number of thioether (sulfide) groups is 1. The van der Waals surface area contributed by atoms with E-state index in [1.54, 1.807) is 0 Å². The van der Waals surface area contributed by atoms with Crippen molar-refractivity contribution in [1.82, 2.24) is 4.90 Å². The van der Waals surface area contributed by atoms with Gasteiger partial charge >= 0.3 is 0 Å². The molecule has 3 heteroatoms. The van der Waals surface area contributed by atoms with Gasteiger partial charge in [0, 0.05) is 31.1 Å². The predicted octanol–water partition coefficient (Wildman–Crippen LogP) is 1.41. The molecule has 1 unspecified atom stereocenters. The monoisotopic (exact) mass is 202 g/mol. The number of nitrogens with two attached hydrogens (primary N) is 1. The van der Waals surface area contributed by atoms with E-state index in [4.69, 9.17) is 5.73 Å². The quantitative estimate of drug-likeness (QED) is 0.731. The number of nitrogens with zero attached hydrogens (tertiary/aromatic N) is 1. The van der Waals surface area contributed by atoms with Crippen molar-refractivity contribution in [3.63, 3.8) is 0 Å². The Morgan fingerprint density at radius 3 is 2.62 bits per heavy atom. The first kappa shape index (κ1) is 11.3. The van der Waals surface area contributed by atoms with Gasteiger partial charge in [-0.2, -0.15) is 11.8 Å². The lowest BCUT2D eigenvalue weighted by atomic mass is 10.0. The van der Waals surface area contributed by atoms with E-state index in [1.807, 2.05) is 0 Å². The van der Waals surface area contributed by atoms with Crippen LogP contribution >= 0.6 is 11.8 Å². The molecule has 0 aromatic rings. The third-order valence-electron chi connectivity index (χ3n) is 2.65. The van der Waals surface area contributed by atoms with E-state index in [0.29, 0.717) is 0 Å². The molecule has 0 bridgehead atoms. The Kier molecular flexibility index (Phi) is 5.83. The summed E-state index contributed by atoms with van der Waals surface area (Å²) < 4.78 is 0. The molecule has 1 atom stereocenters. The molecule has 1 saturated heterocycles. The second-order valence-corrected chi connectivity index (χ2v) is 5.03. The van der Waals surface area contributed by atoms with Gasteiger partial charge in [-0.1, -0.05) is 13.3 Å². The van der Waals surface area contributed by atoms with Gasteiger partial charge in [0.25, 0.3) is 0 Å². The van der Waals surface area contributed by atoms with E-state index in [0.717, 1.165) is 12.5 Å². The standard InChI is InChI=1S/C10H22N2S/c1-2-3-10(8-11)9-12-4-6-13-7-5-12/h10H,2-9,11H2,1H3. The highest BCUT2D eigenvalue weighted by molar-refractivity contribution is 7.99. The van der Waals surface area contributed by atoms with Crippen LogP contribution in [0.3, 0.4) is 0 Å². The summed E-state index contributed by atoms with van der Waals surface area (Å²) in [6.07, 6.45) is 2.56. The number of hydrogen-bond acceptors (Lipinski definition) is 3. The fourth-order valence-corrected chi connectivity index (χ4v) is 2.82. The second kappa shape index (κ2) is 6.68. The van der Waals surface area contributed by atoms with Gasteiger partial charge < -0.3 is 10.6 Å². The molecule has 0 aromatic carbocycles. The Hall–Kier alpha value is 0.270. The summed E-state index contributed by atoms with van der Waals surface area (Å²) in [5.41, 5.74) is 5.74. The van der Waals surface area contributed by atoms with E-state index in [-0.39, 0.29) is 0 Å². The van der Waals surface area contributed by atoms with E-state index >= 15 is 0 Å². The average Bonchev–Trinajstić information content (AvgIpc) is 2.19. The summed E-state index contributed by atoms with van der Waals surface area (Å²) in [5.74, 6) is 3.35. The Bertz CT molecular complexity index is 121. The first-order valence-electron chi connectivity index (χ1n) is 5.37. The highest BCUT2D eigenvalue weighted by Gasteiger charge is 2.14. The molecule has 0 saturated carbocycles. The molecule has 1 rings (SSSR count). The van der Waals surface area contributed by atoms with Crippen molar-refractivity contribution in [3.8, 4) is 0 Å². The van der Waals surface area contributed by atoms with Gasteiger partial charge in [0.1, 0.15) is 0 Å². The van der Waals surface area contributed by atoms with Crippen molar-refractivity contribution in [2.75, 3.05) is 37.7 Å². The molecule has 0 aliphatic carbocycles.